The van der Waals surface area contributed by atoms with Gasteiger partial charge < -0.3 is 4.74 Å². The molecule has 0 bridgehead atoms. The van der Waals surface area contributed by atoms with Crippen LogP contribution in [-0.4, -0.2) is 12.0 Å². The maximum Gasteiger partial charge on any atom is 0.165 e. The summed E-state index contributed by atoms with van der Waals surface area (Å²) in [4.78, 5) is 0. The molecule has 0 aromatic heterocycles. The first-order valence-electron chi connectivity index (χ1n) is 5.18. The third-order valence-corrected chi connectivity index (χ3v) is 2.27. The summed E-state index contributed by atoms with van der Waals surface area (Å²) in [7, 11) is 0. The van der Waals surface area contributed by atoms with Crippen molar-refractivity contribution >= 4 is 11.6 Å². The van der Waals surface area contributed by atoms with Gasteiger partial charge in [0.15, 0.2) is 11.6 Å². The summed E-state index contributed by atoms with van der Waals surface area (Å²) >= 11 is 5.45. The third-order valence-electron chi connectivity index (χ3n) is 2.13. The first-order valence-corrected chi connectivity index (χ1v) is 5.71. The predicted octanol–water partition coefficient (Wildman–Crippen LogP) is 3.59. The van der Waals surface area contributed by atoms with Crippen molar-refractivity contribution in [3.63, 3.8) is 0 Å². The highest BCUT2D eigenvalue weighted by molar-refractivity contribution is 6.19. The maximum absolute atomic E-state index is 13.4. The molecule has 1 aromatic carbocycles. The molecule has 1 unspecified atom stereocenters. The smallest absolute Gasteiger partial charge is 0.165 e. The average Bonchev–Trinajstić information content (AvgIpc) is 2.30. The van der Waals surface area contributed by atoms with Gasteiger partial charge in [-0.1, -0.05) is 18.8 Å². The lowest BCUT2D eigenvalue weighted by Gasteiger charge is -2.13. The lowest BCUT2D eigenvalue weighted by molar-refractivity contribution is 0.208. The van der Waals surface area contributed by atoms with Gasteiger partial charge >= 0.3 is 0 Å². The molecule has 0 N–H and O–H groups in total. The van der Waals surface area contributed by atoms with Crippen LogP contribution in [0.25, 0.3) is 0 Å². The highest BCUT2D eigenvalue weighted by Gasteiger charge is 2.07. The zero-order valence-electron chi connectivity index (χ0n) is 9.39. The Morgan fingerprint density at radius 3 is 2.88 bits per heavy atom. The zero-order valence-corrected chi connectivity index (χ0v) is 10.1. The molecule has 0 spiro atoms. The first kappa shape index (κ1) is 12.9. The van der Waals surface area contributed by atoms with Gasteiger partial charge in [0.1, 0.15) is 0 Å². The summed E-state index contributed by atoms with van der Waals surface area (Å²) in [5, 5.41) is 0. The zero-order chi connectivity index (χ0) is 12.0. The van der Waals surface area contributed by atoms with Crippen LogP contribution in [0.5, 0.6) is 5.75 Å². The summed E-state index contributed by atoms with van der Waals surface area (Å²) < 4.78 is 18.8. The Kier molecular flexibility index (Phi) is 5.14. The van der Waals surface area contributed by atoms with Crippen molar-refractivity contribution in [3.05, 3.63) is 29.6 Å². The number of hydrogen-bond donors (Lipinski definition) is 0. The summed E-state index contributed by atoms with van der Waals surface area (Å²) in [5.74, 6) is 5.69. The van der Waals surface area contributed by atoms with E-state index in [-0.39, 0.29) is 23.6 Å². The van der Waals surface area contributed by atoms with Gasteiger partial charge in [0.25, 0.3) is 0 Å². The molecular weight excluding hydrogens is 227 g/mol. The fourth-order valence-electron chi connectivity index (χ4n) is 1.11. The molecule has 0 amide bonds. The second kappa shape index (κ2) is 6.40. The molecule has 0 fully saturated rings. The minimum atomic E-state index is -0.364. The average molecular weight is 241 g/mol. The Morgan fingerprint density at radius 1 is 1.50 bits per heavy atom. The van der Waals surface area contributed by atoms with E-state index >= 15 is 0 Å². The van der Waals surface area contributed by atoms with E-state index in [1.54, 1.807) is 12.1 Å². The van der Waals surface area contributed by atoms with Gasteiger partial charge in [-0.25, -0.2) is 4.39 Å². The van der Waals surface area contributed by atoms with Crippen LogP contribution in [0.15, 0.2) is 18.2 Å². The van der Waals surface area contributed by atoms with E-state index in [2.05, 4.69) is 11.8 Å². The van der Waals surface area contributed by atoms with Crippen LogP contribution >= 0.6 is 11.6 Å². The molecule has 1 aromatic rings. The molecular formula is C13H14ClFO. The largest absolute Gasteiger partial charge is 0.488 e. The lowest BCUT2D eigenvalue weighted by Crippen LogP contribution is -2.10. The van der Waals surface area contributed by atoms with Gasteiger partial charge in [0, 0.05) is 5.56 Å². The molecule has 0 radical (unpaired) electrons. The quantitative estimate of drug-likeness (QED) is 0.580. The van der Waals surface area contributed by atoms with Crippen molar-refractivity contribution < 1.29 is 9.13 Å². The molecule has 1 atom stereocenters. The summed E-state index contributed by atoms with van der Waals surface area (Å²) in [6, 6.07) is 4.56. The van der Waals surface area contributed by atoms with Gasteiger partial charge in [-0.05, 0) is 31.5 Å². The van der Waals surface area contributed by atoms with Crippen molar-refractivity contribution in [2.75, 3.05) is 5.88 Å². The molecule has 1 nitrogen and oxygen atoms in total. The summed E-state index contributed by atoms with van der Waals surface area (Å²) in [5.41, 5.74) is 0.709. The van der Waals surface area contributed by atoms with Gasteiger partial charge in [0.2, 0.25) is 0 Å². The number of hydrogen-bond acceptors (Lipinski definition) is 1. The van der Waals surface area contributed by atoms with Crippen molar-refractivity contribution in [2.45, 2.75) is 26.4 Å². The van der Waals surface area contributed by atoms with E-state index in [1.165, 1.54) is 6.07 Å². The molecule has 86 valence electrons. The van der Waals surface area contributed by atoms with Crippen molar-refractivity contribution in [1.29, 1.82) is 0 Å². The monoisotopic (exact) mass is 240 g/mol. The molecule has 16 heavy (non-hydrogen) atoms. The SMILES string of the molecule is CCC(C)Oc1cc(C#CCCl)ccc1F. The Morgan fingerprint density at radius 2 is 2.25 bits per heavy atom. The number of benzene rings is 1. The predicted molar refractivity (Wildman–Crippen MR) is 64.4 cm³/mol. The Labute approximate surface area is 101 Å². The standard InChI is InChI=1S/C13H14ClFO/c1-3-10(2)16-13-9-11(5-4-8-14)6-7-12(13)15/h6-7,9-10H,3,8H2,1-2H3. The molecule has 1 rings (SSSR count). The fraction of sp³-hybridized carbons (Fsp3) is 0.385. The fourth-order valence-corrected chi connectivity index (χ4v) is 1.17. The lowest BCUT2D eigenvalue weighted by atomic mass is 10.2. The normalized spacial score (nSPS) is 11.5. The van der Waals surface area contributed by atoms with Gasteiger partial charge in [0.05, 0.1) is 12.0 Å². The second-order valence-corrected chi connectivity index (χ2v) is 3.68. The van der Waals surface area contributed by atoms with Crippen LogP contribution in [0.1, 0.15) is 25.8 Å². The van der Waals surface area contributed by atoms with E-state index in [1.807, 2.05) is 13.8 Å². The van der Waals surface area contributed by atoms with Gasteiger partial charge in [-0.15, -0.1) is 11.6 Å². The topological polar surface area (TPSA) is 9.23 Å². The third kappa shape index (κ3) is 3.75. The highest BCUT2D eigenvalue weighted by atomic mass is 35.5. The van der Waals surface area contributed by atoms with Crippen LogP contribution in [0.3, 0.4) is 0 Å². The first-order chi connectivity index (χ1) is 7.67. The van der Waals surface area contributed by atoms with Crippen LogP contribution in [0.4, 0.5) is 4.39 Å². The van der Waals surface area contributed by atoms with Crippen LogP contribution in [-0.2, 0) is 0 Å². The Balaban J connectivity index is 2.90. The molecule has 3 heteroatoms. The second-order valence-electron chi connectivity index (χ2n) is 3.42. The molecule has 0 aliphatic rings. The van der Waals surface area contributed by atoms with Crippen LogP contribution in [0.2, 0.25) is 0 Å². The molecule has 0 aliphatic carbocycles. The summed E-state index contributed by atoms with van der Waals surface area (Å²) in [6.45, 7) is 3.89. The maximum atomic E-state index is 13.4. The molecule has 0 heterocycles. The minimum absolute atomic E-state index is 0.00858. The number of ether oxygens (including phenoxy) is 1. The molecule has 0 saturated heterocycles. The van der Waals surface area contributed by atoms with E-state index in [0.717, 1.165) is 6.42 Å². The van der Waals surface area contributed by atoms with Crippen LogP contribution in [0, 0.1) is 17.7 Å². The van der Waals surface area contributed by atoms with Crippen LogP contribution < -0.4 is 4.74 Å². The highest BCUT2D eigenvalue weighted by Crippen LogP contribution is 2.20. The van der Waals surface area contributed by atoms with E-state index in [9.17, 15) is 4.39 Å². The van der Waals surface area contributed by atoms with Gasteiger partial charge in [-0.3, -0.25) is 0 Å². The summed E-state index contributed by atoms with van der Waals surface area (Å²) in [6.07, 6.45) is 0.822. The van der Waals surface area contributed by atoms with Crippen molar-refractivity contribution in [1.82, 2.24) is 0 Å². The van der Waals surface area contributed by atoms with Gasteiger partial charge in [-0.2, -0.15) is 0 Å². The Bertz CT molecular complexity index is 406. The van der Waals surface area contributed by atoms with E-state index in [4.69, 9.17) is 16.3 Å². The number of rotatable bonds is 3. The minimum Gasteiger partial charge on any atom is -0.488 e. The number of alkyl halides is 1. The molecule has 0 saturated carbocycles. The molecule has 0 aliphatic heterocycles. The number of halogens is 2. The Hall–Kier alpha value is -1.20. The van der Waals surface area contributed by atoms with E-state index in [0.29, 0.717) is 5.56 Å². The van der Waals surface area contributed by atoms with Crippen molar-refractivity contribution in [2.24, 2.45) is 0 Å². The van der Waals surface area contributed by atoms with E-state index < -0.39 is 0 Å². The van der Waals surface area contributed by atoms with Crippen molar-refractivity contribution in [3.8, 4) is 17.6 Å².